The van der Waals surface area contributed by atoms with Crippen LogP contribution >= 0.6 is 11.6 Å². The van der Waals surface area contributed by atoms with Gasteiger partial charge in [0.1, 0.15) is 5.76 Å². The fraction of sp³-hybridized carbons (Fsp3) is 0.250. The second-order valence-corrected chi connectivity index (χ2v) is 4.05. The largest absolute Gasteiger partial charge is 0.441 e. The van der Waals surface area contributed by atoms with Gasteiger partial charge in [-0.15, -0.1) is 0 Å². The third-order valence-electron chi connectivity index (χ3n) is 2.46. The Morgan fingerprint density at radius 1 is 1.44 bits per heavy atom. The van der Waals surface area contributed by atoms with Gasteiger partial charge in [0, 0.05) is 17.1 Å². The van der Waals surface area contributed by atoms with Crippen molar-refractivity contribution in [2.45, 2.75) is 20.3 Å². The fourth-order valence-corrected chi connectivity index (χ4v) is 1.78. The van der Waals surface area contributed by atoms with Crippen molar-refractivity contribution in [2.24, 2.45) is 0 Å². The first-order valence-corrected chi connectivity index (χ1v) is 5.51. The minimum absolute atomic E-state index is 0.559. The molecule has 3 nitrogen and oxygen atoms in total. The Morgan fingerprint density at radius 2 is 2.19 bits per heavy atom. The van der Waals surface area contributed by atoms with Crippen molar-refractivity contribution < 1.29 is 4.42 Å². The lowest BCUT2D eigenvalue weighted by Gasteiger charge is -2.01. The van der Waals surface area contributed by atoms with Crippen molar-refractivity contribution in [1.29, 1.82) is 0 Å². The summed E-state index contributed by atoms with van der Waals surface area (Å²) in [6, 6.07) is 5.29. The van der Waals surface area contributed by atoms with E-state index in [9.17, 15) is 0 Å². The van der Waals surface area contributed by atoms with Gasteiger partial charge in [0.25, 0.3) is 0 Å². The lowest BCUT2D eigenvalue weighted by atomic mass is 10.2. The van der Waals surface area contributed by atoms with Gasteiger partial charge in [-0.3, -0.25) is 0 Å². The molecule has 0 unspecified atom stereocenters. The van der Waals surface area contributed by atoms with Gasteiger partial charge in [-0.05, 0) is 25.1 Å². The summed E-state index contributed by atoms with van der Waals surface area (Å²) in [4.78, 5) is 4.35. The average Bonchev–Trinajstić information content (AvgIpc) is 2.59. The monoisotopic (exact) mass is 236 g/mol. The highest BCUT2D eigenvalue weighted by atomic mass is 35.5. The zero-order chi connectivity index (χ0) is 11.7. The summed E-state index contributed by atoms with van der Waals surface area (Å²) < 4.78 is 5.64. The number of rotatable bonds is 2. The van der Waals surface area contributed by atoms with E-state index >= 15 is 0 Å². The number of aromatic nitrogens is 1. The lowest BCUT2D eigenvalue weighted by Crippen LogP contribution is -1.89. The Bertz CT molecular complexity index is 520. The van der Waals surface area contributed by atoms with Gasteiger partial charge in [-0.1, -0.05) is 18.5 Å². The number of benzene rings is 1. The molecule has 0 saturated heterocycles. The molecule has 0 aliphatic carbocycles. The van der Waals surface area contributed by atoms with E-state index in [1.807, 2.05) is 19.9 Å². The lowest BCUT2D eigenvalue weighted by molar-refractivity contribution is 0.522. The van der Waals surface area contributed by atoms with Crippen molar-refractivity contribution in [1.82, 2.24) is 4.98 Å². The van der Waals surface area contributed by atoms with Crippen LogP contribution in [-0.2, 0) is 6.42 Å². The van der Waals surface area contributed by atoms with Crippen LogP contribution in [0, 0.1) is 6.92 Å². The SMILES string of the molecule is CCc1oc(-c2ccc(Cl)cc2N)nc1C. The summed E-state index contributed by atoms with van der Waals surface area (Å²) in [6.45, 7) is 3.96. The number of nitrogens with zero attached hydrogens (tertiary/aromatic N) is 1. The standard InChI is InChI=1S/C12H13ClN2O/c1-3-11-7(2)15-12(16-11)9-5-4-8(13)6-10(9)14/h4-6H,3,14H2,1-2H3. The van der Waals surface area contributed by atoms with Gasteiger partial charge in [0.15, 0.2) is 0 Å². The number of halogens is 1. The molecule has 2 N–H and O–H groups in total. The van der Waals surface area contributed by atoms with E-state index in [1.165, 1.54) is 0 Å². The fourth-order valence-electron chi connectivity index (χ4n) is 1.60. The molecular formula is C12H13ClN2O. The van der Waals surface area contributed by atoms with Crippen LogP contribution in [0.4, 0.5) is 5.69 Å². The third-order valence-corrected chi connectivity index (χ3v) is 2.69. The number of anilines is 1. The van der Waals surface area contributed by atoms with Gasteiger partial charge in [-0.2, -0.15) is 0 Å². The smallest absolute Gasteiger partial charge is 0.228 e. The van der Waals surface area contributed by atoms with Crippen LogP contribution in [0.2, 0.25) is 5.02 Å². The summed E-state index contributed by atoms with van der Waals surface area (Å²) in [5.74, 6) is 1.45. The van der Waals surface area contributed by atoms with Crippen LogP contribution in [0.3, 0.4) is 0 Å². The first-order chi connectivity index (χ1) is 7.61. The predicted molar refractivity (Wildman–Crippen MR) is 65.5 cm³/mol. The Balaban J connectivity index is 2.50. The van der Waals surface area contributed by atoms with E-state index < -0.39 is 0 Å². The van der Waals surface area contributed by atoms with E-state index in [2.05, 4.69) is 4.98 Å². The molecule has 0 aliphatic rings. The summed E-state index contributed by atoms with van der Waals surface area (Å²) >= 11 is 5.84. The zero-order valence-electron chi connectivity index (χ0n) is 9.25. The van der Waals surface area contributed by atoms with Crippen molar-refractivity contribution in [3.63, 3.8) is 0 Å². The number of hydrogen-bond donors (Lipinski definition) is 1. The van der Waals surface area contributed by atoms with Crippen LogP contribution in [0.15, 0.2) is 22.6 Å². The van der Waals surface area contributed by atoms with Crippen molar-refractivity contribution in [3.05, 3.63) is 34.7 Å². The molecule has 1 aromatic heterocycles. The highest BCUT2D eigenvalue weighted by molar-refractivity contribution is 6.31. The van der Waals surface area contributed by atoms with Crippen molar-refractivity contribution >= 4 is 17.3 Å². The molecule has 0 saturated carbocycles. The average molecular weight is 237 g/mol. The van der Waals surface area contributed by atoms with E-state index in [1.54, 1.807) is 12.1 Å². The first kappa shape index (κ1) is 11.0. The number of hydrogen-bond acceptors (Lipinski definition) is 3. The van der Waals surface area contributed by atoms with E-state index in [0.29, 0.717) is 16.6 Å². The van der Waals surface area contributed by atoms with Crippen molar-refractivity contribution in [2.75, 3.05) is 5.73 Å². The maximum atomic E-state index is 5.87. The Hall–Kier alpha value is -1.48. The normalized spacial score (nSPS) is 10.7. The minimum atomic E-state index is 0.559. The Morgan fingerprint density at radius 3 is 2.75 bits per heavy atom. The summed E-state index contributed by atoms with van der Waals surface area (Å²) in [5, 5.41) is 0.611. The number of nitrogen functional groups attached to an aromatic ring is 1. The molecular weight excluding hydrogens is 224 g/mol. The summed E-state index contributed by atoms with van der Waals surface area (Å²) in [5.41, 5.74) is 8.14. The molecule has 0 bridgehead atoms. The molecule has 2 aromatic rings. The molecule has 0 atom stereocenters. The van der Waals surface area contributed by atoms with Crippen LogP contribution < -0.4 is 5.73 Å². The van der Waals surface area contributed by atoms with Gasteiger partial charge < -0.3 is 10.2 Å². The van der Waals surface area contributed by atoms with Gasteiger partial charge in [0.05, 0.1) is 11.3 Å². The van der Waals surface area contributed by atoms with E-state index in [0.717, 1.165) is 23.4 Å². The molecule has 4 heteroatoms. The number of nitrogens with two attached hydrogens (primary N) is 1. The molecule has 0 amide bonds. The first-order valence-electron chi connectivity index (χ1n) is 5.13. The van der Waals surface area contributed by atoms with Gasteiger partial charge in [-0.25, -0.2) is 4.98 Å². The van der Waals surface area contributed by atoms with E-state index in [4.69, 9.17) is 21.8 Å². The highest BCUT2D eigenvalue weighted by Crippen LogP contribution is 2.29. The summed E-state index contributed by atoms with van der Waals surface area (Å²) in [6.07, 6.45) is 0.826. The summed E-state index contributed by atoms with van der Waals surface area (Å²) in [7, 11) is 0. The molecule has 0 spiro atoms. The van der Waals surface area contributed by atoms with Crippen LogP contribution in [0.5, 0.6) is 0 Å². The second kappa shape index (κ2) is 4.18. The minimum Gasteiger partial charge on any atom is -0.441 e. The second-order valence-electron chi connectivity index (χ2n) is 3.61. The topological polar surface area (TPSA) is 52.0 Å². The van der Waals surface area contributed by atoms with E-state index in [-0.39, 0.29) is 0 Å². The molecule has 1 aromatic carbocycles. The van der Waals surface area contributed by atoms with Crippen LogP contribution in [-0.4, -0.2) is 4.98 Å². The number of oxazole rings is 1. The molecule has 84 valence electrons. The molecule has 16 heavy (non-hydrogen) atoms. The molecule has 2 rings (SSSR count). The predicted octanol–water partition coefficient (Wildman–Crippen LogP) is 3.45. The zero-order valence-corrected chi connectivity index (χ0v) is 10.0. The molecule has 0 radical (unpaired) electrons. The quantitative estimate of drug-likeness (QED) is 0.813. The molecule has 0 aliphatic heterocycles. The third kappa shape index (κ3) is 1.91. The Kier molecular flexibility index (Phi) is 2.88. The van der Waals surface area contributed by atoms with Crippen molar-refractivity contribution in [3.8, 4) is 11.5 Å². The Labute approximate surface area is 99.2 Å². The maximum Gasteiger partial charge on any atom is 0.228 e. The van der Waals surface area contributed by atoms with Crippen LogP contribution in [0.25, 0.3) is 11.5 Å². The van der Waals surface area contributed by atoms with Crippen LogP contribution in [0.1, 0.15) is 18.4 Å². The maximum absolute atomic E-state index is 5.87. The van der Waals surface area contributed by atoms with Gasteiger partial charge >= 0.3 is 0 Å². The number of aryl methyl sites for hydroxylation is 2. The molecule has 0 fully saturated rings. The highest BCUT2D eigenvalue weighted by Gasteiger charge is 2.12. The molecule has 1 heterocycles. The van der Waals surface area contributed by atoms with Gasteiger partial charge in [0.2, 0.25) is 5.89 Å².